The van der Waals surface area contributed by atoms with Crippen LogP contribution < -0.4 is 5.32 Å². The number of carbonyl (C=O) groups excluding carboxylic acids is 3. The summed E-state index contributed by atoms with van der Waals surface area (Å²) in [4.78, 5) is 46.4. The Labute approximate surface area is 201 Å². The molecule has 178 valence electrons. The Morgan fingerprint density at radius 3 is 2.59 bits per heavy atom. The van der Waals surface area contributed by atoms with E-state index in [-0.39, 0.29) is 36.5 Å². The van der Waals surface area contributed by atoms with Crippen molar-refractivity contribution in [3.05, 3.63) is 50.7 Å². The van der Waals surface area contributed by atoms with Crippen molar-refractivity contribution in [1.29, 1.82) is 0 Å². The number of amides is 3. The average Bonchev–Trinajstić information content (AvgIpc) is 3.49. The first kappa shape index (κ1) is 21.9. The van der Waals surface area contributed by atoms with Crippen LogP contribution in [0.4, 0.5) is 4.39 Å². The molecular formula is C25H27FN4O3S. The first-order chi connectivity index (χ1) is 16.5. The van der Waals surface area contributed by atoms with E-state index in [1.54, 1.807) is 0 Å². The lowest BCUT2D eigenvalue weighted by atomic mass is 9.87. The Bertz CT molecular complexity index is 1170. The molecule has 0 bridgehead atoms. The first-order valence-electron chi connectivity index (χ1n) is 12.1. The molecule has 0 spiro atoms. The predicted octanol–water partition coefficient (Wildman–Crippen LogP) is 3.30. The van der Waals surface area contributed by atoms with Crippen LogP contribution in [-0.2, 0) is 22.7 Å². The molecule has 4 heterocycles. The number of nitrogens with one attached hydrogen (secondary N) is 1. The number of nitrogens with zero attached hydrogens (tertiary/aromatic N) is 3. The largest absolute Gasteiger partial charge is 0.322 e. The van der Waals surface area contributed by atoms with Crippen LogP contribution in [-0.4, -0.2) is 51.6 Å². The SMILES string of the molecule is O=C1CCC(N2Cc3cc(C4CCN(Cc5cnc(C6CC6)s5)CC4)c(F)cc3C2=O)C(=O)N1. The molecule has 2 saturated heterocycles. The Kier molecular flexibility index (Phi) is 5.49. The van der Waals surface area contributed by atoms with Gasteiger partial charge < -0.3 is 4.90 Å². The maximum Gasteiger partial charge on any atom is 0.255 e. The van der Waals surface area contributed by atoms with Crippen LogP contribution in [0.2, 0.25) is 0 Å². The lowest BCUT2D eigenvalue weighted by Crippen LogP contribution is -2.52. The number of halogens is 1. The van der Waals surface area contributed by atoms with Crippen molar-refractivity contribution >= 4 is 29.1 Å². The van der Waals surface area contributed by atoms with Crippen LogP contribution in [0.25, 0.3) is 0 Å². The van der Waals surface area contributed by atoms with Crippen molar-refractivity contribution in [3.63, 3.8) is 0 Å². The van der Waals surface area contributed by atoms with Gasteiger partial charge in [-0.2, -0.15) is 0 Å². The molecule has 1 atom stereocenters. The number of piperidine rings is 2. The summed E-state index contributed by atoms with van der Waals surface area (Å²) in [6.07, 6.45) is 6.79. The van der Waals surface area contributed by atoms with Crippen molar-refractivity contribution in [2.45, 2.75) is 69.5 Å². The van der Waals surface area contributed by atoms with Gasteiger partial charge in [0.25, 0.3) is 5.91 Å². The fourth-order valence-corrected chi connectivity index (χ4v) is 6.59. The normalized spacial score (nSPS) is 24.0. The standard InChI is InChI=1S/C25H27FN4O3S/c26-20-10-19-16(12-30(25(19)33)21-3-4-22(31)28-23(21)32)9-18(20)14-5-7-29(8-6-14)13-17-11-27-24(34-17)15-1-2-15/h9-11,14-15,21H,1-8,12-13H2,(H,28,31,32). The van der Waals surface area contributed by atoms with Crippen molar-refractivity contribution in [2.24, 2.45) is 0 Å². The quantitative estimate of drug-likeness (QED) is 0.662. The number of likely N-dealkylation sites (tertiary alicyclic amines) is 1. The number of benzene rings is 1. The van der Waals surface area contributed by atoms with Gasteiger partial charge >= 0.3 is 0 Å². The molecule has 1 unspecified atom stereocenters. The second-order valence-electron chi connectivity index (χ2n) is 9.92. The number of imide groups is 1. The molecular weight excluding hydrogens is 455 g/mol. The minimum atomic E-state index is -0.681. The zero-order chi connectivity index (χ0) is 23.4. The van der Waals surface area contributed by atoms with Gasteiger partial charge in [-0.15, -0.1) is 11.3 Å². The summed E-state index contributed by atoms with van der Waals surface area (Å²) in [6.45, 7) is 2.98. The van der Waals surface area contributed by atoms with Crippen LogP contribution in [0, 0.1) is 5.82 Å². The lowest BCUT2D eigenvalue weighted by Gasteiger charge is -2.32. The molecule has 3 amide bonds. The van der Waals surface area contributed by atoms with Gasteiger partial charge in [0.15, 0.2) is 0 Å². The number of rotatable bonds is 5. The third-order valence-corrected chi connectivity index (χ3v) is 8.69. The minimum Gasteiger partial charge on any atom is -0.322 e. The highest BCUT2D eigenvalue weighted by Gasteiger charge is 2.40. The highest BCUT2D eigenvalue weighted by molar-refractivity contribution is 7.11. The number of carbonyl (C=O) groups is 3. The predicted molar refractivity (Wildman–Crippen MR) is 124 cm³/mol. The van der Waals surface area contributed by atoms with Crippen molar-refractivity contribution < 1.29 is 18.8 Å². The van der Waals surface area contributed by atoms with Gasteiger partial charge in [0.05, 0.1) is 5.01 Å². The summed E-state index contributed by atoms with van der Waals surface area (Å²) in [6, 6.07) is 2.50. The van der Waals surface area contributed by atoms with Crippen molar-refractivity contribution in [3.8, 4) is 0 Å². The van der Waals surface area contributed by atoms with Crippen LogP contribution in [0.5, 0.6) is 0 Å². The molecule has 0 radical (unpaired) electrons. The van der Waals surface area contributed by atoms with E-state index < -0.39 is 11.9 Å². The molecule has 1 saturated carbocycles. The van der Waals surface area contributed by atoms with Crippen LogP contribution in [0.15, 0.2) is 18.3 Å². The fourth-order valence-electron chi connectivity index (χ4n) is 5.46. The van der Waals surface area contributed by atoms with Gasteiger partial charge in [-0.1, -0.05) is 6.07 Å². The minimum absolute atomic E-state index is 0.116. The van der Waals surface area contributed by atoms with E-state index in [1.165, 1.54) is 33.7 Å². The summed E-state index contributed by atoms with van der Waals surface area (Å²) < 4.78 is 15.1. The molecule has 6 rings (SSSR count). The van der Waals surface area contributed by atoms with Crippen LogP contribution >= 0.6 is 11.3 Å². The third kappa shape index (κ3) is 4.05. The Balaban J connectivity index is 1.11. The zero-order valence-electron chi connectivity index (χ0n) is 18.9. The summed E-state index contributed by atoms with van der Waals surface area (Å²) in [7, 11) is 0. The molecule has 3 fully saturated rings. The molecule has 1 aromatic carbocycles. The Morgan fingerprint density at radius 2 is 1.85 bits per heavy atom. The monoisotopic (exact) mass is 482 g/mol. The molecule has 1 aliphatic carbocycles. The summed E-state index contributed by atoms with van der Waals surface area (Å²) in [5, 5.41) is 3.58. The van der Waals surface area contributed by atoms with E-state index in [2.05, 4.69) is 15.2 Å². The van der Waals surface area contributed by atoms with Gasteiger partial charge in [-0.25, -0.2) is 9.37 Å². The Morgan fingerprint density at radius 1 is 1.06 bits per heavy atom. The van der Waals surface area contributed by atoms with Gasteiger partial charge in [0.1, 0.15) is 11.9 Å². The van der Waals surface area contributed by atoms with Crippen LogP contribution in [0.3, 0.4) is 0 Å². The van der Waals surface area contributed by atoms with E-state index in [0.29, 0.717) is 23.5 Å². The van der Waals surface area contributed by atoms with Crippen molar-refractivity contribution in [2.75, 3.05) is 13.1 Å². The lowest BCUT2D eigenvalue weighted by molar-refractivity contribution is -0.136. The summed E-state index contributed by atoms with van der Waals surface area (Å²) >= 11 is 1.83. The maximum absolute atomic E-state index is 15.1. The number of hydrogen-bond acceptors (Lipinski definition) is 6. The summed E-state index contributed by atoms with van der Waals surface area (Å²) in [5.41, 5.74) is 1.77. The van der Waals surface area contributed by atoms with Gasteiger partial charge in [-0.3, -0.25) is 24.6 Å². The van der Waals surface area contributed by atoms with E-state index in [9.17, 15) is 14.4 Å². The highest BCUT2D eigenvalue weighted by atomic mass is 32.1. The number of hydrogen-bond donors (Lipinski definition) is 1. The molecule has 9 heteroatoms. The maximum atomic E-state index is 15.1. The number of fused-ring (bicyclic) bond motifs is 1. The average molecular weight is 483 g/mol. The van der Waals surface area contributed by atoms with Crippen molar-refractivity contribution in [1.82, 2.24) is 20.1 Å². The first-order valence-corrected chi connectivity index (χ1v) is 12.9. The Hall–Kier alpha value is -2.65. The number of thiazole rings is 1. The molecule has 1 aromatic heterocycles. The van der Waals surface area contributed by atoms with Gasteiger partial charge in [0.2, 0.25) is 11.8 Å². The zero-order valence-corrected chi connectivity index (χ0v) is 19.7. The fraction of sp³-hybridized carbons (Fsp3) is 0.520. The molecule has 1 N–H and O–H groups in total. The van der Waals surface area contributed by atoms with E-state index >= 15 is 4.39 Å². The molecule has 34 heavy (non-hydrogen) atoms. The van der Waals surface area contributed by atoms with E-state index in [0.717, 1.165) is 38.0 Å². The summed E-state index contributed by atoms with van der Waals surface area (Å²) in [5.74, 6) is -0.638. The van der Waals surface area contributed by atoms with Gasteiger partial charge in [-0.05, 0) is 68.3 Å². The number of aromatic nitrogens is 1. The second kappa shape index (κ2) is 8.53. The molecule has 3 aliphatic heterocycles. The molecule has 7 nitrogen and oxygen atoms in total. The second-order valence-corrected chi connectivity index (χ2v) is 11.1. The van der Waals surface area contributed by atoms with E-state index in [4.69, 9.17) is 0 Å². The topological polar surface area (TPSA) is 82.6 Å². The smallest absolute Gasteiger partial charge is 0.255 e. The highest BCUT2D eigenvalue weighted by Crippen LogP contribution is 2.42. The van der Waals surface area contributed by atoms with Gasteiger partial charge in [0, 0.05) is 42.1 Å². The van der Waals surface area contributed by atoms with E-state index in [1.807, 2.05) is 23.6 Å². The molecule has 4 aliphatic rings. The molecule has 2 aromatic rings. The third-order valence-electron chi connectivity index (χ3n) is 7.55. The van der Waals surface area contributed by atoms with Crippen LogP contribution in [0.1, 0.15) is 81.7 Å².